The van der Waals surface area contributed by atoms with E-state index in [0.29, 0.717) is 18.0 Å². The van der Waals surface area contributed by atoms with Crippen LogP contribution in [0.15, 0.2) is 30.5 Å². The van der Waals surface area contributed by atoms with Crippen LogP contribution < -0.4 is 10.1 Å². The van der Waals surface area contributed by atoms with Gasteiger partial charge in [0.25, 0.3) is 0 Å². The molecule has 0 saturated heterocycles. The van der Waals surface area contributed by atoms with Crippen LogP contribution in [0.4, 0.5) is 0 Å². The van der Waals surface area contributed by atoms with E-state index < -0.39 is 12.1 Å². The molecule has 2 rings (SSSR count). The predicted octanol–water partition coefficient (Wildman–Crippen LogP) is 2.61. The first-order valence-electron chi connectivity index (χ1n) is 8.08. The van der Waals surface area contributed by atoms with E-state index in [-0.39, 0.29) is 23.1 Å². The van der Waals surface area contributed by atoms with Crippen LogP contribution in [0.25, 0.3) is 0 Å². The minimum Gasteiger partial charge on any atom is -0.477 e. The summed E-state index contributed by atoms with van der Waals surface area (Å²) in [4.78, 5) is 41.1. The monoisotopic (exact) mass is 376 g/mol. The Morgan fingerprint density at radius 2 is 2.04 bits per heavy atom. The Balaban J connectivity index is 2.03. The lowest BCUT2D eigenvalue weighted by molar-refractivity contribution is -0.119. The van der Waals surface area contributed by atoms with Crippen molar-refractivity contribution in [1.29, 1.82) is 0 Å². The van der Waals surface area contributed by atoms with Gasteiger partial charge in [-0.3, -0.25) is 9.59 Å². The zero-order valence-corrected chi connectivity index (χ0v) is 15.6. The van der Waals surface area contributed by atoms with Crippen LogP contribution in [0.2, 0.25) is 0 Å². The average Bonchev–Trinajstić information content (AvgIpc) is 3.09. The second kappa shape index (κ2) is 9.10. The summed E-state index contributed by atoms with van der Waals surface area (Å²) in [6.45, 7) is 5.44. The Bertz CT molecular complexity index is 802. The summed E-state index contributed by atoms with van der Waals surface area (Å²) in [6.07, 6.45) is 0.558. The summed E-state index contributed by atoms with van der Waals surface area (Å²) >= 11 is 1.25. The number of hydrogen-bond donors (Lipinski definition) is 1. The van der Waals surface area contributed by atoms with Gasteiger partial charge in [0, 0.05) is 18.0 Å². The number of hydrogen-bond acceptors (Lipinski definition) is 7. The maximum absolute atomic E-state index is 12.5. The van der Waals surface area contributed by atoms with E-state index in [1.807, 2.05) is 0 Å². The van der Waals surface area contributed by atoms with E-state index in [9.17, 15) is 14.4 Å². The molecule has 0 fully saturated rings. The molecule has 7 nitrogen and oxygen atoms in total. The number of rotatable bonds is 8. The zero-order valence-electron chi connectivity index (χ0n) is 14.8. The average molecular weight is 376 g/mol. The lowest BCUT2D eigenvalue weighted by Gasteiger charge is -2.13. The second-order valence-electron chi connectivity index (χ2n) is 5.38. The van der Waals surface area contributed by atoms with Gasteiger partial charge in [0.15, 0.2) is 6.10 Å². The highest BCUT2D eigenvalue weighted by atomic mass is 32.1. The number of thiophene rings is 1. The highest BCUT2D eigenvalue weighted by Gasteiger charge is 2.24. The van der Waals surface area contributed by atoms with Crippen molar-refractivity contribution >= 4 is 29.0 Å². The number of aromatic nitrogens is 1. The minimum atomic E-state index is -0.954. The molecule has 0 aromatic carbocycles. The molecule has 1 N–H and O–H groups in total. The zero-order chi connectivity index (χ0) is 19.1. The summed E-state index contributed by atoms with van der Waals surface area (Å²) in [6, 6.07) is 6.55. The molecular formula is C18H20N2O5S. The molecule has 1 amide bonds. The predicted molar refractivity (Wildman–Crippen MR) is 96.5 cm³/mol. The first-order valence-corrected chi connectivity index (χ1v) is 8.90. The normalized spacial score (nSPS) is 11.5. The number of pyridine rings is 1. The number of carbonyl (C=O) groups excluding carboxylic acids is 3. The highest BCUT2D eigenvalue weighted by Crippen LogP contribution is 2.21. The Kier molecular flexibility index (Phi) is 6.85. The van der Waals surface area contributed by atoms with E-state index in [1.165, 1.54) is 37.4 Å². The van der Waals surface area contributed by atoms with Gasteiger partial charge in [0.2, 0.25) is 17.6 Å². The first-order chi connectivity index (χ1) is 12.4. The van der Waals surface area contributed by atoms with E-state index in [1.54, 1.807) is 25.1 Å². The fourth-order valence-corrected chi connectivity index (χ4v) is 3.06. The molecular weight excluding hydrogens is 356 g/mol. The fourth-order valence-electron chi connectivity index (χ4n) is 2.09. The number of ketones is 1. The number of carbonyl (C=O) groups is 3. The van der Waals surface area contributed by atoms with Gasteiger partial charge in [0.05, 0.1) is 18.0 Å². The number of nitrogens with one attached hydrogen (secondary N) is 1. The largest absolute Gasteiger partial charge is 0.477 e. The van der Waals surface area contributed by atoms with Gasteiger partial charge in [0.1, 0.15) is 5.56 Å². The summed E-state index contributed by atoms with van der Waals surface area (Å²) in [7, 11) is 0. The van der Waals surface area contributed by atoms with Crippen LogP contribution in [-0.2, 0) is 16.1 Å². The lowest BCUT2D eigenvalue weighted by Crippen LogP contribution is -2.24. The van der Waals surface area contributed by atoms with Gasteiger partial charge >= 0.3 is 5.97 Å². The molecule has 0 bridgehead atoms. The number of ether oxygens (including phenoxy) is 2. The minimum absolute atomic E-state index is 0.143. The first kappa shape index (κ1) is 19.6. The molecule has 0 radical (unpaired) electrons. The van der Waals surface area contributed by atoms with Crippen molar-refractivity contribution in [1.82, 2.24) is 10.3 Å². The molecule has 26 heavy (non-hydrogen) atoms. The van der Waals surface area contributed by atoms with Crippen molar-refractivity contribution in [2.24, 2.45) is 0 Å². The standard InChI is InChI=1S/C18H20N2O5S/c1-4-24-17-14(6-5-9-19-17)18(23)25-11(2)16(22)15-8-7-13(26-15)10-20-12(3)21/h5-9,11H,4,10H2,1-3H3,(H,20,21). The van der Waals surface area contributed by atoms with Crippen molar-refractivity contribution in [2.45, 2.75) is 33.4 Å². The Morgan fingerprint density at radius 1 is 1.27 bits per heavy atom. The van der Waals surface area contributed by atoms with Crippen LogP contribution in [0.5, 0.6) is 5.88 Å². The second-order valence-corrected chi connectivity index (χ2v) is 6.54. The van der Waals surface area contributed by atoms with Gasteiger partial charge in [-0.1, -0.05) is 0 Å². The van der Waals surface area contributed by atoms with E-state index in [2.05, 4.69) is 10.3 Å². The molecule has 0 aliphatic carbocycles. The quantitative estimate of drug-likeness (QED) is 0.562. The molecule has 2 heterocycles. The molecule has 8 heteroatoms. The number of nitrogens with zero attached hydrogens (tertiary/aromatic N) is 1. The Morgan fingerprint density at radius 3 is 2.73 bits per heavy atom. The molecule has 2 aromatic rings. The van der Waals surface area contributed by atoms with Gasteiger partial charge in [-0.25, -0.2) is 9.78 Å². The van der Waals surface area contributed by atoms with Crippen LogP contribution in [-0.4, -0.2) is 35.4 Å². The van der Waals surface area contributed by atoms with Crippen LogP contribution in [0.3, 0.4) is 0 Å². The molecule has 138 valence electrons. The SMILES string of the molecule is CCOc1ncccc1C(=O)OC(C)C(=O)c1ccc(CNC(C)=O)s1. The van der Waals surface area contributed by atoms with Gasteiger partial charge in [-0.2, -0.15) is 0 Å². The third kappa shape index (κ3) is 5.13. The van der Waals surface area contributed by atoms with Crippen LogP contribution in [0, 0.1) is 0 Å². The van der Waals surface area contributed by atoms with Gasteiger partial charge in [-0.05, 0) is 38.1 Å². The fraction of sp³-hybridized carbons (Fsp3) is 0.333. The molecule has 2 aromatic heterocycles. The van der Waals surface area contributed by atoms with Crippen molar-refractivity contribution in [3.8, 4) is 5.88 Å². The lowest BCUT2D eigenvalue weighted by atomic mass is 10.2. The van der Waals surface area contributed by atoms with Crippen LogP contribution in [0.1, 0.15) is 45.7 Å². The molecule has 0 aliphatic heterocycles. The van der Waals surface area contributed by atoms with E-state index in [4.69, 9.17) is 9.47 Å². The molecule has 0 aliphatic rings. The van der Waals surface area contributed by atoms with E-state index in [0.717, 1.165) is 4.88 Å². The summed E-state index contributed by atoms with van der Waals surface area (Å²) in [5, 5.41) is 2.67. The van der Waals surface area contributed by atoms with Crippen molar-refractivity contribution in [2.75, 3.05) is 6.61 Å². The maximum atomic E-state index is 12.5. The number of esters is 1. The summed E-state index contributed by atoms with van der Waals surface area (Å²) in [5.41, 5.74) is 0.173. The molecule has 1 unspecified atom stereocenters. The van der Waals surface area contributed by atoms with Crippen molar-refractivity contribution < 1.29 is 23.9 Å². The smallest absolute Gasteiger partial charge is 0.344 e. The highest BCUT2D eigenvalue weighted by molar-refractivity contribution is 7.14. The van der Waals surface area contributed by atoms with Gasteiger partial charge < -0.3 is 14.8 Å². The van der Waals surface area contributed by atoms with E-state index >= 15 is 0 Å². The number of amides is 1. The summed E-state index contributed by atoms with van der Waals surface area (Å²) < 4.78 is 10.6. The van der Waals surface area contributed by atoms with Gasteiger partial charge in [-0.15, -0.1) is 11.3 Å². The van der Waals surface area contributed by atoms with Crippen molar-refractivity contribution in [3.05, 3.63) is 45.8 Å². The summed E-state index contributed by atoms with van der Waals surface area (Å²) in [5.74, 6) is -0.944. The molecule has 0 saturated carbocycles. The molecule has 1 atom stereocenters. The Hall–Kier alpha value is -2.74. The maximum Gasteiger partial charge on any atom is 0.344 e. The Labute approximate surface area is 155 Å². The third-order valence-electron chi connectivity index (χ3n) is 3.34. The van der Waals surface area contributed by atoms with Crippen molar-refractivity contribution in [3.63, 3.8) is 0 Å². The van der Waals surface area contributed by atoms with Crippen LogP contribution >= 0.6 is 11.3 Å². The third-order valence-corrected chi connectivity index (χ3v) is 4.44. The number of Topliss-reactive ketones (excluding diaryl/α,β-unsaturated/α-hetero) is 1. The topological polar surface area (TPSA) is 94.6 Å². The molecule has 0 spiro atoms.